The topological polar surface area (TPSA) is 36.9 Å². The third-order valence-electron chi connectivity index (χ3n) is 9.88. The minimum atomic E-state index is -0.445. The van der Waals surface area contributed by atoms with Crippen LogP contribution in [-0.2, 0) is 18.6 Å². The maximum absolute atomic E-state index is 6.27. The number of hydrogen-bond donors (Lipinski definition) is 0. The lowest BCUT2D eigenvalue weighted by atomic mass is 9.70. The van der Waals surface area contributed by atoms with Gasteiger partial charge in [-0.15, -0.1) is 0 Å². The van der Waals surface area contributed by atoms with Crippen molar-refractivity contribution >= 4 is 79.0 Å². The lowest BCUT2D eigenvalue weighted by molar-refractivity contribution is 0.365. The van der Waals surface area contributed by atoms with Crippen molar-refractivity contribution in [2.24, 2.45) is 0 Å². The zero-order valence-electron chi connectivity index (χ0n) is 25.2. The van der Waals surface area contributed by atoms with E-state index in [-0.39, 0.29) is 7.12 Å². The highest BCUT2D eigenvalue weighted by Gasteiger charge is 2.33. The van der Waals surface area contributed by atoms with Gasteiger partial charge < -0.3 is 18.6 Å². The first-order valence-electron chi connectivity index (χ1n) is 16.0. The van der Waals surface area contributed by atoms with Gasteiger partial charge in [0, 0.05) is 0 Å². The van der Waals surface area contributed by atoms with Crippen LogP contribution in [0, 0.1) is 0 Å². The Bertz CT molecular complexity index is 2450. The van der Waals surface area contributed by atoms with Crippen molar-refractivity contribution in [2.75, 3.05) is 26.4 Å². The van der Waals surface area contributed by atoms with Crippen LogP contribution in [0.5, 0.6) is 0 Å². The Labute approximate surface area is 267 Å². The first-order chi connectivity index (χ1) is 22.8. The molecule has 46 heavy (non-hydrogen) atoms. The summed E-state index contributed by atoms with van der Waals surface area (Å²) in [5, 5.41) is 12.1. The maximum Gasteiger partial charge on any atom is 0.494 e. The van der Waals surface area contributed by atoms with Crippen molar-refractivity contribution in [3.05, 3.63) is 121 Å². The minimum Gasteiger partial charge on any atom is -0.405 e. The normalized spacial score (nSPS) is 15.5. The Kier molecular flexibility index (Phi) is 6.00. The van der Waals surface area contributed by atoms with Crippen LogP contribution in [0.3, 0.4) is 0 Å². The molecule has 2 aliphatic rings. The van der Waals surface area contributed by atoms with Crippen LogP contribution in [0.2, 0.25) is 0 Å². The first kappa shape index (κ1) is 26.5. The standard InChI is InChI=1S/C40H28B2O4/c1-3-11-27-25(7-1)9-5-13-29(27)34-23-36-38(42-45-21-22-46-42)24-35(30-14-6-10-26-8-2-4-12-28(26)30)31-15-16-33-37(41-43-19-20-44-41)18-17-32(34)39(33)40(31)36/h1-18,23-24H,19-22H2. The Balaban J connectivity index is 1.39. The summed E-state index contributed by atoms with van der Waals surface area (Å²) in [6.45, 7) is 2.35. The van der Waals surface area contributed by atoms with Crippen molar-refractivity contribution in [1.82, 2.24) is 0 Å². The largest absolute Gasteiger partial charge is 0.494 e. The van der Waals surface area contributed by atoms with E-state index in [9.17, 15) is 0 Å². The third kappa shape index (κ3) is 3.92. The highest BCUT2D eigenvalue weighted by molar-refractivity contribution is 6.67. The van der Waals surface area contributed by atoms with Gasteiger partial charge in [0.15, 0.2) is 0 Å². The number of hydrogen-bond acceptors (Lipinski definition) is 4. The van der Waals surface area contributed by atoms with Gasteiger partial charge in [0.1, 0.15) is 0 Å². The fourth-order valence-corrected chi connectivity index (χ4v) is 7.87. The predicted molar refractivity (Wildman–Crippen MR) is 191 cm³/mol. The molecule has 0 unspecified atom stereocenters. The summed E-state index contributed by atoms with van der Waals surface area (Å²) >= 11 is 0. The summed E-state index contributed by atoms with van der Waals surface area (Å²) in [6, 6.07) is 44.2. The highest BCUT2D eigenvalue weighted by Crippen LogP contribution is 2.45. The molecule has 0 aromatic heterocycles. The number of rotatable bonds is 4. The SMILES string of the molecule is c1ccc2c(-c3cc4c(B5OCCO5)cc(-c5cccc6ccccc56)c5ccc6c(B7OCCO7)ccc3c6c45)cccc2c1. The summed E-state index contributed by atoms with van der Waals surface area (Å²) in [5.74, 6) is 0. The quantitative estimate of drug-likeness (QED) is 0.155. The van der Waals surface area contributed by atoms with Crippen LogP contribution >= 0.6 is 0 Å². The molecule has 218 valence electrons. The molecule has 0 N–H and O–H groups in total. The average molecular weight is 594 g/mol. The Hall–Kier alpha value is -4.71. The summed E-state index contributed by atoms with van der Waals surface area (Å²) in [5.41, 5.74) is 6.90. The van der Waals surface area contributed by atoms with E-state index in [1.165, 1.54) is 65.3 Å². The van der Waals surface area contributed by atoms with Crippen LogP contribution in [0.4, 0.5) is 0 Å². The van der Waals surface area contributed by atoms with Crippen LogP contribution in [0.15, 0.2) is 121 Å². The molecule has 0 amide bonds. The van der Waals surface area contributed by atoms with Gasteiger partial charge in [-0.25, -0.2) is 0 Å². The van der Waals surface area contributed by atoms with Gasteiger partial charge in [0.25, 0.3) is 0 Å². The molecule has 0 spiro atoms. The van der Waals surface area contributed by atoms with E-state index in [1.54, 1.807) is 0 Å². The molecule has 2 aliphatic heterocycles. The lowest BCUT2D eigenvalue weighted by Crippen LogP contribution is -2.33. The lowest BCUT2D eigenvalue weighted by Gasteiger charge is -2.23. The molecular weight excluding hydrogens is 566 g/mol. The zero-order valence-corrected chi connectivity index (χ0v) is 25.2. The second kappa shape index (κ2) is 10.4. The molecule has 2 saturated heterocycles. The van der Waals surface area contributed by atoms with Crippen molar-refractivity contribution in [2.45, 2.75) is 0 Å². The van der Waals surface area contributed by atoms with Crippen molar-refractivity contribution in [3.63, 3.8) is 0 Å². The van der Waals surface area contributed by atoms with Gasteiger partial charge in [-0.3, -0.25) is 0 Å². The number of benzene rings is 8. The minimum absolute atomic E-state index is 0.385. The Morgan fingerprint density at radius 1 is 0.348 bits per heavy atom. The molecule has 0 bridgehead atoms. The van der Waals surface area contributed by atoms with E-state index in [2.05, 4.69) is 121 Å². The molecule has 0 atom stereocenters. The maximum atomic E-state index is 6.27. The fourth-order valence-electron chi connectivity index (χ4n) is 7.87. The predicted octanol–water partition coefficient (Wildman–Crippen LogP) is 7.71. The van der Waals surface area contributed by atoms with Crippen molar-refractivity contribution < 1.29 is 18.6 Å². The van der Waals surface area contributed by atoms with E-state index in [1.807, 2.05) is 0 Å². The molecule has 8 aromatic rings. The van der Waals surface area contributed by atoms with Crippen LogP contribution in [0.25, 0.3) is 76.1 Å². The number of fused-ring (bicyclic) bond motifs is 2. The highest BCUT2D eigenvalue weighted by atomic mass is 16.6. The molecule has 0 saturated carbocycles. The second-order valence-corrected chi connectivity index (χ2v) is 12.3. The van der Waals surface area contributed by atoms with E-state index < -0.39 is 7.12 Å². The van der Waals surface area contributed by atoms with E-state index >= 15 is 0 Å². The van der Waals surface area contributed by atoms with E-state index in [4.69, 9.17) is 18.6 Å². The van der Waals surface area contributed by atoms with Gasteiger partial charge in [0.05, 0.1) is 26.4 Å². The molecule has 8 aromatic carbocycles. The third-order valence-corrected chi connectivity index (χ3v) is 9.88. The Morgan fingerprint density at radius 2 is 0.826 bits per heavy atom. The molecule has 6 heteroatoms. The van der Waals surface area contributed by atoms with Crippen LogP contribution in [0.1, 0.15) is 0 Å². The average Bonchev–Trinajstić information content (AvgIpc) is 3.86. The van der Waals surface area contributed by atoms with Crippen molar-refractivity contribution in [3.8, 4) is 22.3 Å². The van der Waals surface area contributed by atoms with Gasteiger partial charge in [-0.1, -0.05) is 115 Å². The van der Waals surface area contributed by atoms with Crippen LogP contribution < -0.4 is 10.9 Å². The molecular formula is C40H28B2O4. The summed E-state index contributed by atoms with van der Waals surface area (Å²) in [4.78, 5) is 0. The zero-order chi connectivity index (χ0) is 30.2. The van der Waals surface area contributed by atoms with Crippen molar-refractivity contribution in [1.29, 1.82) is 0 Å². The van der Waals surface area contributed by atoms with Gasteiger partial charge in [-0.2, -0.15) is 0 Å². The first-order valence-corrected chi connectivity index (χ1v) is 16.0. The summed E-state index contributed by atoms with van der Waals surface area (Å²) in [7, 11) is -0.830. The molecule has 2 fully saturated rings. The Morgan fingerprint density at radius 3 is 1.46 bits per heavy atom. The van der Waals surface area contributed by atoms with E-state index in [0.717, 1.165) is 21.7 Å². The molecule has 0 aliphatic carbocycles. The smallest absolute Gasteiger partial charge is 0.405 e. The van der Waals surface area contributed by atoms with E-state index in [0.29, 0.717) is 26.4 Å². The molecule has 10 rings (SSSR count). The van der Waals surface area contributed by atoms with Crippen LogP contribution in [-0.4, -0.2) is 40.7 Å². The fraction of sp³-hybridized carbons (Fsp3) is 0.100. The summed E-state index contributed by atoms with van der Waals surface area (Å²) < 4.78 is 24.7. The van der Waals surface area contributed by atoms with Gasteiger partial charge in [0.2, 0.25) is 0 Å². The summed E-state index contributed by atoms with van der Waals surface area (Å²) in [6.07, 6.45) is 0. The molecule has 4 nitrogen and oxygen atoms in total. The van der Waals surface area contributed by atoms with Gasteiger partial charge >= 0.3 is 14.2 Å². The monoisotopic (exact) mass is 594 g/mol. The second-order valence-electron chi connectivity index (χ2n) is 12.3. The molecule has 2 heterocycles. The van der Waals surface area contributed by atoms with Gasteiger partial charge in [-0.05, 0) is 93.1 Å². The molecule has 0 radical (unpaired) electrons.